The van der Waals surface area contributed by atoms with E-state index >= 15 is 0 Å². The van der Waals surface area contributed by atoms with E-state index in [4.69, 9.17) is 9.47 Å². The number of carbonyl (C=O) groups is 1. The number of carboxylic acids is 1. The number of hydrogen-bond donors (Lipinski definition) is 2. The minimum Gasteiger partial charge on any atom is -0.493 e. The van der Waals surface area contributed by atoms with Crippen molar-refractivity contribution in [3.8, 4) is 5.75 Å². The fourth-order valence-electron chi connectivity index (χ4n) is 4.84. The summed E-state index contributed by atoms with van der Waals surface area (Å²) < 4.78 is 38.3. The number of hydrogen-bond acceptors (Lipinski definition) is 6. The van der Waals surface area contributed by atoms with Crippen LogP contribution >= 0.6 is 0 Å². The minimum absolute atomic E-state index is 0.305. The number of ether oxygens (including phenoxy) is 2. The Bertz CT molecular complexity index is 1540. The summed E-state index contributed by atoms with van der Waals surface area (Å²) in [5.74, 6) is -0.246. The average molecular weight is 602 g/mol. The molecule has 7 nitrogen and oxygen atoms in total. The quantitative estimate of drug-likeness (QED) is 0.148. The van der Waals surface area contributed by atoms with Gasteiger partial charge < -0.3 is 19.9 Å². The number of aliphatic carboxylic acids is 1. The maximum atomic E-state index is 13.6. The summed E-state index contributed by atoms with van der Waals surface area (Å²) in [6, 6.07) is 31.9. The molecule has 0 saturated carbocycles. The second-order valence-corrected chi connectivity index (χ2v) is 12.5. The van der Waals surface area contributed by atoms with Gasteiger partial charge in [0.1, 0.15) is 5.75 Å². The van der Waals surface area contributed by atoms with Gasteiger partial charge in [0.15, 0.2) is 15.9 Å². The summed E-state index contributed by atoms with van der Waals surface area (Å²) in [6.07, 6.45) is 0.598. The van der Waals surface area contributed by atoms with Crippen LogP contribution in [0.25, 0.3) is 0 Å². The third kappa shape index (κ3) is 9.17. The van der Waals surface area contributed by atoms with E-state index < -0.39 is 27.2 Å². The molecule has 0 heterocycles. The van der Waals surface area contributed by atoms with Crippen LogP contribution in [-0.4, -0.2) is 45.4 Å². The number of sulfone groups is 1. The van der Waals surface area contributed by atoms with Crippen molar-refractivity contribution in [2.45, 2.75) is 49.4 Å². The van der Waals surface area contributed by atoms with E-state index in [9.17, 15) is 18.3 Å². The van der Waals surface area contributed by atoms with Gasteiger partial charge in [-0.05, 0) is 73.4 Å². The Morgan fingerprint density at radius 1 is 0.860 bits per heavy atom. The summed E-state index contributed by atoms with van der Waals surface area (Å²) >= 11 is 0. The van der Waals surface area contributed by atoms with Crippen LogP contribution < -0.4 is 10.1 Å². The van der Waals surface area contributed by atoms with Gasteiger partial charge in [-0.2, -0.15) is 0 Å². The van der Waals surface area contributed by atoms with Crippen molar-refractivity contribution < 1.29 is 27.8 Å². The molecule has 0 bridgehead atoms. The normalized spacial score (nSPS) is 12.8. The van der Waals surface area contributed by atoms with Crippen molar-refractivity contribution in [3.63, 3.8) is 0 Å². The molecule has 4 aromatic carbocycles. The number of carboxylic acid groups (broad SMARTS) is 1. The minimum atomic E-state index is -3.56. The first-order valence-corrected chi connectivity index (χ1v) is 16.1. The van der Waals surface area contributed by atoms with Gasteiger partial charge in [0.25, 0.3) is 0 Å². The van der Waals surface area contributed by atoms with Crippen molar-refractivity contribution in [3.05, 3.63) is 125 Å². The lowest BCUT2D eigenvalue weighted by Crippen LogP contribution is -2.26. The van der Waals surface area contributed by atoms with E-state index in [1.807, 2.05) is 97.9 Å². The molecule has 0 fully saturated rings. The Balaban J connectivity index is 1.28. The molecular weight excluding hydrogens is 562 g/mol. The molecule has 0 unspecified atom stereocenters. The third-order valence-electron chi connectivity index (χ3n) is 7.23. The maximum Gasteiger partial charge on any atom is 0.333 e. The van der Waals surface area contributed by atoms with Crippen LogP contribution in [0.15, 0.2) is 108 Å². The highest BCUT2D eigenvalue weighted by molar-refractivity contribution is 7.91. The first kappa shape index (κ1) is 31.8. The fraction of sp³-hybridized carbons (Fsp3) is 0.286. The van der Waals surface area contributed by atoms with Gasteiger partial charge in [-0.15, -0.1) is 0 Å². The Hall–Kier alpha value is -4.14. The molecule has 0 aliphatic rings. The van der Waals surface area contributed by atoms with Crippen molar-refractivity contribution in [1.82, 2.24) is 0 Å². The molecule has 0 saturated heterocycles. The van der Waals surface area contributed by atoms with Gasteiger partial charge in [0.2, 0.25) is 0 Å². The SMILES string of the molecule is CCO[C@@H](Cc1ccc(OCCc2ccc(NCC[C@@H](c3ccccc3)S(=O)(=O)c3ccc(C)cc3)cc2)cc1)C(=O)O. The first-order chi connectivity index (χ1) is 20.8. The van der Waals surface area contributed by atoms with Crippen molar-refractivity contribution >= 4 is 21.5 Å². The van der Waals surface area contributed by atoms with Gasteiger partial charge >= 0.3 is 5.97 Å². The second kappa shape index (κ2) is 15.4. The molecule has 0 aliphatic carbocycles. The summed E-state index contributed by atoms with van der Waals surface area (Å²) in [5, 5.41) is 12.0. The average Bonchev–Trinajstić information content (AvgIpc) is 3.01. The highest BCUT2D eigenvalue weighted by atomic mass is 32.2. The van der Waals surface area contributed by atoms with Crippen LogP contribution in [0, 0.1) is 6.92 Å². The van der Waals surface area contributed by atoms with Crippen LogP contribution in [-0.2, 0) is 32.2 Å². The molecule has 2 atom stereocenters. The zero-order valence-electron chi connectivity index (χ0n) is 24.6. The van der Waals surface area contributed by atoms with Gasteiger partial charge in [-0.25, -0.2) is 13.2 Å². The predicted octanol–water partition coefficient (Wildman–Crippen LogP) is 6.67. The van der Waals surface area contributed by atoms with E-state index in [-0.39, 0.29) is 0 Å². The Morgan fingerprint density at radius 3 is 2.14 bits per heavy atom. The number of anilines is 1. The van der Waals surface area contributed by atoms with Crippen LogP contribution in [0.3, 0.4) is 0 Å². The molecular formula is C35H39NO6S. The summed E-state index contributed by atoms with van der Waals surface area (Å²) in [6.45, 7) is 5.07. The monoisotopic (exact) mass is 601 g/mol. The maximum absolute atomic E-state index is 13.6. The van der Waals surface area contributed by atoms with Crippen LogP contribution in [0.4, 0.5) is 5.69 Å². The lowest BCUT2D eigenvalue weighted by Gasteiger charge is -2.19. The highest BCUT2D eigenvalue weighted by Crippen LogP contribution is 2.32. The molecule has 0 aromatic heterocycles. The van der Waals surface area contributed by atoms with E-state index in [0.29, 0.717) is 37.5 Å². The van der Waals surface area contributed by atoms with Gasteiger partial charge in [-0.3, -0.25) is 0 Å². The Kier molecular flexibility index (Phi) is 11.4. The van der Waals surface area contributed by atoms with E-state index in [1.54, 1.807) is 19.1 Å². The molecule has 8 heteroatoms. The highest BCUT2D eigenvalue weighted by Gasteiger charge is 2.28. The summed E-state index contributed by atoms with van der Waals surface area (Å²) in [4.78, 5) is 11.6. The standard InChI is InChI=1S/C35H39NO6S/c1-3-41-33(35(37)38)25-28-13-17-31(18-14-28)42-24-22-27-11-15-30(16-12-27)36-23-21-34(29-7-5-4-6-8-29)43(39,40)32-19-9-26(2)10-20-32/h4-20,33-34,36H,3,21-25H2,1-2H3,(H,37,38)/t33-,34-/m0/s1. The molecule has 0 spiro atoms. The summed E-state index contributed by atoms with van der Waals surface area (Å²) in [7, 11) is -3.56. The number of benzene rings is 4. The van der Waals surface area contributed by atoms with Crippen molar-refractivity contribution in [2.24, 2.45) is 0 Å². The smallest absolute Gasteiger partial charge is 0.333 e. The van der Waals surface area contributed by atoms with Crippen molar-refractivity contribution in [2.75, 3.05) is 25.1 Å². The van der Waals surface area contributed by atoms with Crippen LogP contribution in [0.2, 0.25) is 0 Å². The first-order valence-electron chi connectivity index (χ1n) is 14.5. The largest absolute Gasteiger partial charge is 0.493 e. The number of aryl methyl sites for hydroxylation is 1. The predicted molar refractivity (Wildman–Crippen MR) is 169 cm³/mol. The number of rotatable bonds is 16. The van der Waals surface area contributed by atoms with E-state index in [2.05, 4.69) is 5.32 Å². The molecule has 0 amide bonds. The van der Waals surface area contributed by atoms with Gasteiger partial charge in [0, 0.05) is 31.7 Å². The van der Waals surface area contributed by atoms with E-state index in [0.717, 1.165) is 40.1 Å². The molecule has 43 heavy (non-hydrogen) atoms. The van der Waals surface area contributed by atoms with Gasteiger partial charge in [0.05, 0.1) is 16.8 Å². The van der Waals surface area contributed by atoms with Crippen molar-refractivity contribution in [1.29, 1.82) is 0 Å². The second-order valence-electron chi connectivity index (χ2n) is 10.4. The molecule has 4 rings (SSSR count). The molecule has 226 valence electrons. The van der Waals surface area contributed by atoms with Crippen LogP contribution in [0.1, 0.15) is 40.8 Å². The summed E-state index contributed by atoms with van der Waals surface area (Å²) in [5.41, 5.74) is 4.72. The van der Waals surface area contributed by atoms with Gasteiger partial charge in [-0.1, -0.05) is 72.3 Å². The Labute approximate surface area is 254 Å². The number of nitrogens with one attached hydrogen (secondary N) is 1. The zero-order chi connectivity index (χ0) is 30.7. The topological polar surface area (TPSA) is 102 Å². The molecule has 2 N–H and O–H groups in total. The fourth-order valence-corrected chi connectivity index (χ4v) is 6.63. The third-order valence-corrected chi connectivity index (χ3v) is 9.42. The molecule has 4 aromatic rings. The van der Waals surface area contributed by atoms with Crippen LogP contribution in [0.5, 0.6) is 5.75 Å². The zero-order valence-corrected chi connectivity index (χ0v) is 25.4. The lowest BCUT2D eigenvalue weighted by molar-refractivity contribution is -0.149. The molecule has 0 aliphatic heterocycles. The Morgan fingerprint density at radius 2 is 1.51 bits per heavy atom. The lowest BCUT2D eigenvalue weighted by atomic mass is 10.1. The van der Waals surface area contributed by atoms with E-state index in [1.165, 1.54) is 0 Å². The molecule has 0 radical (unpaired) electrons.